The van der Waals surface area contributed by atoms with Gasteiger partial charge in [0.1, 0.15) is 18.0 Å². The van der Waals surface area contributed by atoms with Crippen LogP contribution in [0.4, 0.5) is 11.4 Å². The van der Waals surface area contributed by atoms with Gasteiger partial charge in [-0.25, -0.2) is 13.8 Å². The summed E-state index contributed by atoms with van der Waals surface area (Å²) in [5.74, 6) is -0.252. The summed E-state index contributed by atoms with van der Waals surface area (Å²) in [7, 11) is -4.13. The van der Waals surface area contributed by atoms with E-state index < -0.39 is 22.5 Å². The van der Waals surface area contributed by atoms with Crippen molar-refractivity contribution in [1.29, 1.82) is 0 Å². The third kappa shape index (κ3) is 8.59. The first-order valence-electron chi connectivity index (χ1n) is 13.6. The number of nitrogens with zero attached hydrogens (tertiary/aromatic N) is 2. The maximum Gasteiger partial charge on any atom is 0.264 e. The third-order valence-electron chi connectivity index (χ3n) is 6.13. The van der Waals surface area contributed by atoms with Crippen molar-refractivity contribution in [2.24, 2.45) is 5.10 Å². The lowest BCUT2D eigenvalue weighted by molar-refractivity contribution is -0.119. The number of sulfonamides is 1. The summed E-state index contributed by atoms with van der Waals surface area (Å²) in [5, 5.41) is 7.08. The molecule has 2 amide bonds. The standard InChI is InChI=1S/C32H31ClN4O6S/c1-3-42-30-11-7-6-10-29(30)37(44(40,41)26-18-12-23(2)13-19-26)21-31(38)36-34-20-24-14-16-25(17-15-24)43-22-32(39)35-28-9-5-4-8-27(28)33/h4-20H,3,21-22H2,1-2H3,(H,35,39)(H,36,38)/b34-20-. The second-order valence-corrected chi connectivity index (χ2v) is 11.7. The van der Waals surface area contributed by atoms with Crippen molar-refractivity contribution in [2.75, 3.05) is 29.4 Å². The van der Waals surface area contributed by atoms with E-state index in [2.05, 4.69) is 15.8 Å². The fraction of sp³-hybridized carbons (Fsp3) is 0.156. The average Bonchev–Trinajstić information content (AvgIpc) is 3.01. The number of para-hydroxylation sites is 3. The predicted octanol–water partition coefficient (Wildman–Crippen LogP) is 5.41. The first-order valence-corrected chi connectivity index (χ1v) is 15.4. The highest BCUT2D eigenvalue weighted by atomic mass is 35.5. The van der Waals surface area contributed by atoms with Crippen molar-refractivity contribution >= 4 is 51.0 Å². The molecule has 0 radical (unpaired) electrons. The minimum absolute atomic E-state index is 0.0364. The van der Waals surface area contributed by atoms with E-state index >= 15 is 0 Å². The number of hydrazone groups is 1. The number of benzene rings is 4. The molecule has 0 saturated heterocycles. The number of amides is 2. The van der Waals surface area contributed by atoms with Crippen LogP contribution < -0.4 is 24.5 Å². The number of hydrogen-bond donors (Lipinski definition) is 2. The van der Waals surface area contributed by atoms with Crippen molar-refractivity contribution in [3.05, 3.63) is 113 Å². The van der Waals surface area contributed by atoms with E-state index in [1.54, 1.807) is 91.9 Å². The van der Waals surface area contributed by atoms with Gasteiger partial charge in [-0.2, -0.15) is 5.10 Å². The molecule has 0 atom stereocenters. The van der Waals surface area contributed by atoms with E-state index in [0.29, 0.717) is 34.4 Å². The van der Waals surface area contributed by atoms with Crippen LogP contribution in [0.15, 0.2) is 107 Å². The summed E-state index contributed by atoms with van der Waals surface area (Å²) < 4.78 is 39.5. The van der Waals surface area contributed by atoms with Gasteiger partial charge in [0, 0.05) is 0 Å². The molecular weight excluding hydrogens is 604 g/mol. The molecule has 4 rings (SSSR count). The van der Waals surface area contributed by atoms with Gasteiger partial charge in [-0.1, -0.05) is 53.6 Å². The number of halogens is 1. The molecule has 0 bridgehead atoms. The van der Waals surface area contributed by atoms with Crippen LogP contribution in [0.25, 0.3) is 0 Å². The lowest BCUT2D eigenvalue weighted by Crippen LogP contribution is -2.39. The largest absolute Gasteiger partial charge is 0.492 e. The fourth-order valence-electron chi connectivity index (χ4n) is 3.97. The molecule has 12 heteroatoms. The van der Waals surface area contributed by atoms with Gasteiger partial charge in [-0.3, -0.25) is 13.9 Å². The lowest BCUT2D eigenvalue weighted by atomic mass is 10.2. The Labute approximate surface area is 261 Å². The maximum absolute atomic E-state index is 13.7. The number of carbonyl (C=O) groups excluding carboxylic acids is 2. The lowest BCUT2D eigenvalue weighted by Gasteiger charge is -2.25. The van der Waals surface area contributed by atoms with E-state index in [1.165, 1.54) is 18.3 Å². The number of aryl methyl sites for hydroxylation is 1. The Morgan fingerprint density at radius 1 is 0.886 bits per heavy atom. The molecule has 0 aliphatic heterocycles. The van der Waals surface area contributed by atoms with E-state index in [9.17, 15) is 18.0 Å². The van der Waals surface area contributed by atoms with Gasteiger partial charge >= 0.3 is 0 Å². The molecule has 0 unspecified atom stereocenters. The van der Waals surface area contributed by atoms with Crippen LogP contribution >= 0.6 is 11.6 Å². The number of carbonyl (C=O) groups is 2. The number of rotatable bonds is 13. The van der Waals surface area contributed by atoms with Crippen LogP contribution in [-0.2, 0) is 19.6 Å². The van der Waals surface area contributed by atoms with Crippen molar-refractivity contribution in [2.45, 2.75) is 18.7 Å². The summed E-state index contributed by atoms with van der Waals surface area (Å²) in [6.45, 7) is 3.19. The average molecular weight is 635 g/mol. The molecule has 0 saturated carbocycles. The maximum atomic E-state index is 13.7. The quantitative estimate of drug-likeness (QED) is 0.150. The Morgan fingerprint density at radius 2 is 1.57 bits per heavy atom. The minimum atomic E-state index is -4.13. The summed E-state index contributed by atoms with van der Waals surface area (Å²) >= 11 is 6.06. The molecule has 4 aromatic rings. The second-order valence-electron chi connectivity index (χ2n) is 9.40. The zero-order valence-electron chi connectivity index (χ0n) is 24.1. The summed E-state index contributed by atoms with van der Waals surface area (Å²) in [6.07, 6.45) is 1.40. The molecule has 0 aliphatic rings. The normalized spacial score (nSPS) is 11.2. The highest BCUT2D eigenvalue weighted by Gasteiger charge is 2.29. The van der Waals surface area contributed by atoms with Gasteiger partial charge in [0.2, 0.25) is 0 Å². The fourth-order valence-corrected chi connectivity index (χ4v) is 5.58. The van der Waals surface area contributed by atoms with Crippen molar-refractivity contribution < 1.29 is 27.5 Å². The zero-order chi connectivity index (χ0) is 31.5. The van der Waals surface area contributed by atoms with Gasteiger partial charge in [-0.15, -0.1) is 0 Å². The zero-order valence-corrected chi connectivity index (χ0v) is 25.6. The molecule has 4 aromatic carbocycles. The Bertz CT molecular complexity index is 1730. The van der Waals surface area contributed by atoms with Crippen molar-refractivity contribution in [1.82, 2.24) is 5.43 Å². The molecule has 2 N–H and O–H groups in total. The molecular formula is C32H31ClN4O6S. The number of hydrogen-bond acceptors (Lipinski definition) is 7. The van der Waals surface area contributed by atoms with E-state index in [0.717, 1.165) is 9.87 Å². The first kappa shape index (κ1) is 32.1. The van der Waals surface area contributed by atoms with Gasteiger partial charge in [0.05, 0.1) is 34.1 Å². The Kier molecular flexibility index (Phi) is 11.0. The third-order valence-corrected chi connectivity index (χ3v) is 8.23. The van der Waals surface area contributed by atoms with Gasteiger partial charge in [-0.05, 0) is 80.1 Å². The Balaban J connectivity index is 1.39. The van der Waals surface area contributed by atoms with Gasteiger partial charge in [0.25, 0.3) is 21.8 Å². The predicted molar refractivity (Wildman–Crippen MR) is 171 cm³/mol. The van der Waals surface area contributed by atoms with E-state index in [-0.39, 0.29) is 23.1 Å². The molecule has 0 aromatic heterocycles. The molecule has 10 nitrogen and oxygen atoms in total. The summed E-state index contributed by atoms with van der Waals surface area (Å²) in [4.78, 5) is 25.2. The Morgan fingerprint density at radius 3 is 2.27 bits per heavy atom. The molecule has 0 spiro atoms. The Hall–Kier alpha value is -4.87. The minimum Gasteiger partial charge on any atom is -0.492 e. The number of ether oxygens (including phenoxy) is 2. The van der Waals surface area contributed by atoms with E-state index in [4.69, 9.17) is 21.1 Å². The molecule has 0 fully saturated rings. The second kappa shape index (κ2) is 15.0. The topological polar surface area (TPSA) is 126 Å². The van der Waals surface area contributed by atoms with Crippen LogP contribution in [0.2, 0.25) is 5.02 Å². The van der Waals surface area contributed by atoms with Crippen LogP contribution in [-0.4, -0.2) is 46.2 Å². The number of nitrogens with one attached hydrogen (secondary N) is 2. The molecule has 228 valence electrons. The van der Waals surface area contributed by atoms with E-state index in [1.807, 2.05) is 6.92 Å². The summed E-state index contributed by atoms with van der Waals surface area (Å²) in [6, 6.07) is 26.5. The van der Waals surface area contributed by atoms with Crippen molar-refractivity contribution in [3.8, 4) is 11.5 Å². The highest BCUT2D eigenvalue weighted by Crippen LogP contribution is 2.32. The smallest absolute Gasteiger partial charge is 0.264 e. The number of anilines is 2. The molecule has 44 heavy (non-hydrogen) atoms. The van der Waals surface area contributed by atoms with Gasteiger partial charge < -0.3 is 14.8 Å². The van der Waals surface area contributed by atoms with Crippen LogP contribution in [0.1, 0.15) is 18.1 Å². The van der Waals surface area contributed by atoms with Crippen LogP contribution in [0, 0.1) is 6.92 Å². The summed E-state index contributed by atoms with van der Waals surface area (Å²) in [5.41, 5.74) is 4.63. The molecule has 0 aliphatic carbocycles. The highest BCUT2D eigenvalue weighted by molar-refractivity contribution is 7.92. The van der Waals surface area contributed by atoms with Crippen LogP contribution in [0.3, 0.4) is 0 Å². The monoisotopic (exact) mass is 634 g/mol. The van der Waals surface area contributed by atoms with Crippen LogP contribution in [0.5, 0.6) is 11.5 Å². The first-order chi connectivity index (χ1) is 21.2. The SMILES string of the molecule is CCOc1ccccc1N(CC(=O)N/N=C\c1ccc(OCC(=O)Nc2ccccc2Cl)cc1)S(=O)(=O)c1ccc(C)cc1. The molecule has 0 heterocycles. The van der Waals surface area contributed by atoms with Gasteiger partial charge in [0.15, 0.2) is 6.61 Å². The van der Waals surface area contributed by atoms with Crippen molar-refractivity contribution in [3.63, 3.8) is 0 Å².